The van der Waals surface area contributed by atoms with Gasteiger partial charge in [0, 0.05) is 11.8 Å². The van der Waals surface area contributed by atoms with Crippen molar-refractivity contribution < 1.29 is 13.6 Å². The molecule has 0 saturated heterocycles. The quantitative estimate of drug-likeness (QED) is 0.846. The largest absolute Gasteiger partial charge is 0.325 e. The summed E-state index contributed by atoms with van der Waals surface area (Å²) in [5.74, 6) is -1.74. The molecule has 1 saturated carbocycles. The van der Waals surface area contributed by atoms with E-state index >= 15 is 0 Å². The number of hydrogen-bond donors (Lipinski definition) is 2. The lowest BCUT2D eigenvalue weighted by atomic mass is 10.1. The number of benzene rings is 1. The molecule has 0 aromatic heterocycles. The van der Waals surface area contributed by atoms with E-state index in [1.807, 2.05) is 0 Å². The molecule has 1 unspecified atom stereocenters. The van der Waals surface area contributed by atoms with Crippen LogP contribution in [0.3, 0.4) is 0 Å². The van der Waals surface area contributed by atoms with Gasteiger partial charge < -0.3 is 11.1 Å². The highest BCUT2D eigenvalue weighted by Gasteiger charge is 2.27. The molecule has 0 bridgehead atoms. The summed E-state index contributed by atoms with van der Waals surface area (Å²) in [7, 11) is 0. The first kappa shape index (κ1) is 12.0. The van der Waals surface area contributed by atoms with Gasteiger partial charge in [-0.15, -0.1) is 0 Å². The van der Waals surface area contributed by atoms with Crippen LogP contribution in [0.4, 0.5) is 14.5 Å². The minimum Gasteiger partial charge on any atom is -0.325 e. The van der Waals surface area contributed by atoms with E-state index < -0.39 is 17.7 Å². The third-order valence-electron chi connectivity index (χ3n) is 2.81. The lowest BCUT2D eigenvalue weighted by Crippen LogP contribution is -2.36. The summed E-state index contributed by atoms with van der Waals surface area (Å²) in [4.78, 5) is 11.6. The second-order valence-corrected chi connectivity index (χ2v) is 4.40. The van der Waals surface area contributed by atoms with Crippen molar-refractivity contribution in [2.24, 2.45) is 11.7 Å². The molecule has 1 fully saturated rings. The first-order chi connectivity index (χ1) is 8.06. The number of anilines is 1. The fraction of sp³-hybridized carbons (Fsp3) is 0.417. The predicted octanol–water partition coefficient (Wildman–Crippen LogP) is 2.03. The number of nitrogens with one attached hydrogen (secondary N) is 1. The van der Waals surface area contributed by atoms with Gasteiger partial charge in [0.25, 0.3) is 0 Å². The molecule has 0 spiro atoms. The molecule has 5 heteroatoms. The Labute approximate surface area is 98.0 Å². The summed E-state index contributed by atoms with van der Waals surface area (Å²) in [6.07, 6.45) is 2.88. The number of amides is 1. The van der Waals surface area contributed by atoms with Crippen molar-refractivity contribution in [1.82, 2.24) is 0 Å². The van der Waals surface area contributed by atoms with Gasteiger partial charge in [0.05, 0.1) is 6.04 Å². The summed E-state index contributed by atoms with van der Waals surface area (Å²) < 4.78 is 25.6. The van der Waals surface area contributed by atoms with E-state index in [-0.39, 0.29) is 11.6 Å². The van der Waals surface area contributed by atoms with Crippen molar-refractivity contribution in [3.63, 3.8) is 0 Å². The van der Waals surface area contributed by atoms with E-state index in [2.05, 4.69) is 5.32 Å². The summed E-state index contributed by atoms with van der Waals surface area (Å²) >= 11 is 0. The molecule has 0 aliphatic heterocycles. The van der Waals surface area contributed by atoms with Crippen LogP contribution in [-0.2, 0) is 4.79 Å². The molecular weight excluding hydrogens is 226 g/mol. The Morgan fingerprint density at radius 3 is 2.71 bits per heavy atom. The number of carbonyl (C=O) groups is 1. The maximum atomic E-state index is 12.9. The van der Waals surface area contributed by atoms with Gasteiger partial charge in [-0.05, 0) is 24.5 Å². The Morgan fingerprint density at radius 1 is 1.41 bits per heavy atom. The van der Waals surface area contributed by atoms with Crippen LogP contribution in [0.2, 0.25) is 0 Å². The van der Waals surface area contributed by atoms with E-state index in [1.54, 1.807) is 0 Å². The second-order valence-electron chi connectivity index (χ2n) is 4.40. The van der Waals surface area contributed by atoms with Gasteiger partial charge in [0.1, 0.15) is 0 Å². The predicted molar refractivity (Wildman–Crippen MR) is 60.3 cm³/mol. The first-order valence-corrected chi connectivity index (χ1v) is 5.58. The summed E-state index contributed by atoms with van der Waals surface area (Å²) in [5.41, 5.74) is 5.92. The van der Waals surface area contributed by atoms with Crippen LogP contribution < -0.4 is 11.1 Å². The molecule has 3 nitrogen and oxygen atoms in total. The van der Waals surface area contributed by atoms with Gasteiger partial charge in [-0.3, -0.25) is 4.79 Å². The standard InChI is InChI=1S/C12H14F2N2O/c13-9-4-3-8(6-10(9)14)16-12(17)11(15)5-7-1-2-7/h3-4,6-7,11H,1-2,5,15H2,(H,16,17). The van der Waals surface area contributed by atoms with Crippen LogP contribution >= 0.6 is 0 Å². The second kappa shape index (κ2) is 4.79. The van der Waals surface area contributed by atoms with Crippen molar-refractivity contribution in [3.05, 3.63) is 29.8 Å². The average molecular weight is 240 g/mol. The fourth-order valence-corrected chi connectivity index (χ4v) is 1.63. The summed E-state index contributed by atoms with van der Waals surface area (Å²) in [5, 5.41) is 2.47. The molecule has 1 aromatic rings. The number of halogens is 2. The molecule has 1 amide bonds. The highest BCUT2D eigenvalue weighted by Crippen LogP contribution is 2.33. The van der Waals surface area contributed by atoms with Gasteiger partial charge in [0.15, 0.2) is 11.6 Å². The topological polar surface area (TPSA) is 55.1 Å². The highest BCUT2D eigenvalue weighted by atomic mass is 19.2. The molecule has 1 aliphatic rings. The average Bonchev–Trinajstić information content (AvgIpc) is 3.07. The molecule has 1 aliphatic carbocycles. The van der Waals surface area contributed by atoms with Crippen LogP contribution in [-0.4, -0.2) is 11.9 Å². The lowest BCUT2D eigenvalue weighted by molar-refractivity contribution is -0.117. The van der Waals surface area contributed by atoms with E-state index in [0.717, 1.165) is 25.0 Å². The van der Waals surface area contributed by atoms with E-state index in [9.17, 15) is 13.6 Å². The lowest BCUT2D eigenvalue weighted by Gasteiger charge is -2.11. The van der Waals surface area contributed by atoms with E-state index in [1.165, 1.54) is 6.07 Å². The maximum absolute atomic E-state index is 12.9. The number of nitrogens with two attached hydrogens (primary N) is 1. The van der Waals surface area contributed by atoms with Gasteiger partial charge in [-0.25, -0.2) is 8.78 Å². The zero-order chi connectivity index (χ0) is 12.4. The van der Waals surface area contributed by atoms with Gasteiger partial charge >= 0.3 is 0 Å². The third kappa shape index (κ3) is 3.23. The zero-order valence-corrected chi connectivity index (χ0v) is 9.25. The van der Waals surface area contributed by atoms with Crippen LogP contribution in [0, 0.1) is 17.6 Å². The third-order valence-corrected chi connectivity index (χ3v) is 2.81. The normalized spacial score (nSPS) is 16.6. The molecule has 0 heterocycles. The Bertz CT molecular complexity index is 433. The van der Waals surface area contributed by atoms with E-state index in [0.29, 0.717) is 12.3 Å². The number of hydrogen-bond acceptors (Lipinski definition) is 2. The number of carbonyl (C=O) groups excluding carboxylic acids is 1. The molecule has 0 radical (unpaired) electrons. The Morgan fingerprint density at radius 2 is 2.12 bits per heavy atom. The minimum absolute atomic E-state index is 0.222. The highest BCUT2D eigenvalue weighted by molar-refractivity contribution is 5.94. The minimum atomic E-state index is -0.987. The molecular formula is C12H14F2N2O. The maximum Gasteiger partial charge on any atom is 0.241 e. The molecule has 17 heavy (non-hydrogen) atoms. The summed E-state index contributed by atoms with van der Waals surface area (Å²) in [6.45, 7) is 0. The monoisotopic (exact) mass is 240 g/mol. The van der Waals surface area contributed by atoms with Crippen molar-refractivity contribution in [2.45, 2.75) is 25.3 Å². The van der Waals surface area contributed by atoms with E-state index in [4.69, 9.17) is 5.73 Å². The Kier molecular flexibility index (Phi) is 3.38. The Balaban J connectivity index is 1.94. The first-order valence-electron chi connectivity index (χ1n) is 5.58. The van der Waals surface area contributed by atoms with Crippen LogP contribution in [0.1, 0.15) is 19.3 Å². The van der Waals surface area contributed by atoms with Crippen molar-refractivity contribution in [3.8, 4) is 0 Å². The zero-order valence-electron chi connectivity index (χ0n) is 9.25. The molecule has 92 valence electrons. The van der Waals surface area contributed by atoms with Crippen LogP contribution in [0.5, 0.6) is 0 Å². The number of rotatable bonds is 4. The molecule has 2 rings (SSSR count). The van der Waals surface area contributed by atoms with Gasteiger partial charge in [-0.2, -0.15) is 0 Å². The van der Waals surface area contributed by atoms with Crippen molar-refractivity contribution in [1.29, 1.82) is 0 Å². The van der Waals surface area contributed by atoms with Crippen molar-refractivity contribution >= 4 is 11.6 Å². The van der Waals surface area contributed by atoms with Crippen molar-refractivity contribution in [2.75, 3.05) is 5.32 Å². The SMILES string of the molecule is NC(CC1CC1)C(=O)Nc1ccc(F)c(F)c1. The van der Waals surface area contributed by atoms with Gasteiger partial charge in [0.2, 0.25) is 5.91 Å². The van der Waals surface area contributed by atoms with Crippen LogP contribution in [0.25, 0.3) is 0 Å². The smallest absolute Gasteiger partial charge is 0.241 e. The molecule has 1 atom stereocenters. The molecule has 3 N–H and O–H groups in total. The Hall–Kier alpha value is -1.49. The summed E-state index contributed by atoms with van der Waals surface area (Å²) in [6, 6.07) is 2.63. The van der Waals surface area contributed by atoms with Crippen LogP contribution in [0.15, 0.2) is 18.2 Å². The van der Waals surface area contributed by atoms with Gasteiger partial charge in [-0.1, -0.05) is 12.8 Å². The molecule has 1 aromatic carbocycles. The fourth-order valence-electron chi connectivity index (χ4n) is 1.63.